The molecule has 8 heteroatoms. The monoisotopic (exact) mass is 429 g/mol. The van der Waals surface area contributed by atoms with Crippen molar-refractivity contribution < 1.29 is 19.4 Å². The number of phenols is 1. The van der Waals surface area contributed by atoms with Gasteiger partial charge >= 0.3 is 6.03 Å². The number of carbonyl (C=O) groups is 2. The number of phenolic OH excluding ortho intramolecular Hbond substituents is 1. The van der Waals surface area contributed by atoms with Crippen LogP contribution in [0.3, 0.4) is 0 Å². The van der Waals surface area contributed by atoms with Gasteiger partial charge < -0.3 is 25.8 Å². The molecule has 0 saturated heterocycles. The van der Waals surface area contributed by atoms with Crippen LogP contribution in [0.15, 0.2) is 41.6 Å². The largest absolute Gasteiger partial charge is 0.504 e. The molecule has 158 valence electrons. The topological polar surface area (TPSA) is 99.7 Å². The van der Waals surface area contributed by atoms with Crippen LogP contribution in [0.25, 0.3) is 0 Å². The van der Waals surface area contributed by atoms with E-state index in [9.17, 15) is 14.7 Å². The average molecular weight is 430 g/mol. The van der Waals surface area contributed by atoms with Crippen molar-refractivity contribution in [2.24, 2.45) is 0 Å². The molecule has 3 amide bonds. The van der Waals surface area contributed by atoms with Gasteiger partial charge in [-0.25, -0.2) is 4.79 Å². The molecule has 4 N–H and O–H groups in total. The average Bonchev–Trinajstić information content (AvgIpc) is 2.66. The van der Waals surface area contributed by atoms with Crippen LogP contribution >= 0.6 is 11.6 Å². The number of allylic oxidation sites excluding steroid dienone is 1. The first-order chi connectivity index (χ1) is 14.2. The van der Waals surface area contributed by atoms with Crippen LogP contribution in [0.1, 0.15) is 36.6 Å². The van der Waals surface area contributed by atoms with Gasteiger partial charge in [-0.15, -0.1) is 0 Å². The Kier molecular flexibility index (Phi) is 6.22. The first-order valence-corrected chi connectivity index (χ1v) is 9.91. The number of aryl methyl sites for hydroxylation is 2. The van der Waals surface area contributed by atoms with Crippen molar-refractivity contribution in [2.75, 3.05) is 11.9 Å². The van der Waals surface area contributed by atoms with Gasteiger partial charge in [-0.05, 0) is 57.0 Å². The first-order valence-electron chi connectivity index (χ1n) is 9.53. The molecule has 30 heavy (non-hydrogen) atoms. The summed E-state index contributed by atoms with van der Waals surface area (Å²) in [6, 6.07) is 7.22. The molecule has 1 aliphatic rings. The first kappa shape index (κ1) is 21.5. The van der Waals surface area contributed by atoms with E-state index < -0.39 is 12.1 Å². The number of nitrogens with one attached hydrogen (secondary N) is 3. The number of ether oxygens (including phenoxy) is 1. The Labute approximate surface area is 180 Å². The highest BCUT2D eigenvalue weighted by atomic mass is 35.5. The molecule has 0 aliphatic carbocycles. The summed E-state index contributed by atoms with van der Waals surface area (Å²) in [5.74, 6) is -0.278. The normalized spacial score (nSPS) is 16.0. The molecular weight excluding hydrogens is 406 g/mol. The maximum atomic E-state index is 13.2. The zero-order chi connectivity index (χ0) is 22.0. The number of anilines is 1. The van der Waals surface area contributed by atoms with Gasteiger partial charge in [-0.1, -0.05) is 17.7 Å². The van der Waals surface area contributed by atoms with Crippen LogP contribution in [0, 0.1) is 13.8 Å². The van der Waals surface area contributed by atoms with Crippen LogP contribution < -0.4 is 20.7 Å². The second-order valence-electron chi connectivity index (χ2n) is 7.10. The smallest absolute Gasteiger partial charge is 0.319 e. The molecule has 2 aromatic rings. The van der Waals surface area contributed by atoms with E-state index in [-0.39, 0.29) is 22.4 Å². The number of halogens is 1. The lowest BCUT2D eigenvalue weighted by Crippen LogP contribution is -2.46. The lowest BCUT2D eigenvalue weighted by atomic mass is 9.94. The van der Waals surface area contributed by atoms with Crippen molar-refractivity contribution >= 4 is 29.2 Å². The molecule has 0 bridgehead atoms. The van der Waals surface area contributed by atoms with E-state index in [1.165, 1.54) is 12.1 Å². The molecule has 0 radical (unpaired) electrons. The molecule has 0 saturated carbocycles. The van der Waals surface area contributed by atoms with Gasteiger partial charge in [0.15, 0.2) is 11.5 Å². The van der Waals surface area contributed by atoms with Gasteiger partial charge in [0.25, 0.3) is 5.91 Å². The third kappa shape index (κ3) is 4.36. The highest BCUT2D eigenvalue weighted by molar-refractivity contribution is 6.31. The summed E-state index contributed by atoms with van der Waals surface area (Å²) >= 11 is 6.36. The minimum atomic E-state index is -0.822. The maximum Gasteiger partial charge on any atom is 0.319 e. The van der Waals surface area contributed by atoms with E-state index in [0.29, 0.717) is 29.1 Å². The number of rotatable bonds is 5. The van der Waals surface area contributed by atoms with E-state index in [1.54, 1.807) is 13.8 Å². The van der Waals surface area contributed by atoms with Gasteiger partial charge in [-0.3, -0.25) is 4.79 Å². The second-order valence-corrected chi connectivity index (χ2v) is 7.50. The molecule has 3 rings (SSSR count). The zero-order valence-corrected chi connectivity index (χ0v) is 18.0. The summed E-state index contributed by atoms with van der Waals surface area (Å²) in [5, 5.41) is 18.5. The van der Waals surface area contributed by atoms with E-state index in [0.717, 1.165) is 11.1 Å². The van der Waals surface area contributed by atoms with Crippen LogP contribution in [0.4, 0.5) is 10.5 Å². The van der Waals surface area contributed by atoms with E-state index >= 15 is 0 Å². The van der Waals surface area contributed by atoms with E-state index in [2.05, 4.69) is 16.0 Å². The Morgan fingerprint density at radius 1 is 1.20 bits per heavy atom. The van der Waals surface area contributed by atoms with Crippen LogP contribution in [-0.2, 0) is 4.79 Å². The molecule has 0 spiro atoms. The SMILES string of the molecule is CCOc1cc([C@@H]2NC(=O)NC(C)=C2C(=O)Nc2ccc(C)c(C)c2)c(Cl)cc1O. The van der Waals surface area contributed by atoms with Crippen LogP contribution in [0.2, 0.25) is 5.02 Å². The van der Waals surface area contributed by atoms with Gasteiger partial charge in [0.2, 0.25) is 0 Å². The predicted octanol–water partition coefficient (Wildman–Crippen LogP) is 4.33. The minimum absolute atomic E-state index is 0.118. The van der Waals surface area contributed by atoms with Gasteiger partial charge in [0.1, 0.15) is 0 Å². The maximum absolute atomic E-state index is 13.2. The van der Waals surface area contributed by atoms with Crippen molar-refractivity contribution in [3.8, 4) is 11.5 Å². The quantitative estimate of drug-likeness (QED) is 0.568. The molecular formula is C22H24ClN3O4. The van der Waals surface area contributed by atoms with Gasteiger partial charge in [-0.2, -0.15) is 0 Å². The lowest BCUT2D eigenvalue weighted by molar-refractivity contribution is -0.113. The summed E-state index contributed by atoms with van der Waals surface area (Å²) in [4.78, 5) is 25.3. The van der Waals surface area contributed by atoms with Crippen molar-refractivity contribution in [3.63, 3.8) is 0 Å². The number of amides is 3. The second kappa shape index (κ2) is 8.67. The van der Waals surface area contributed by atoms with Crippen molar-refractivity contribution in [1.29, 1.82) is 0 Å². The molecule has 7 nitrogen and oxygen atoms in total. The van der Waals surface area contributed by atoms with E-state index in [4.69, 9.17) is 16.3 Å². The zero-order valence-electron chi connectivity index (χ0n) is 17.2. The van der Waals surface area contributed by atoms with Crippen LogP contribution in [-0.4, -0.2) is 23.7 Å². The third-order valence-corrected chi connectivity index (χ3v) is 5.29. The standard InChI is InChI=1S/C22H24ClN3O4/c1-5-30-18-9-15(16(23)10-17(18)27)20-19(13(4)24-22(29)26-20)21(28)25-14-7-6-11(2)12(3)8-14/h6-10,20,27H,5H2,1-4H3,(H,25,28)(H2,24,26,29)/t20-/m0/s1. The Bertz CT molecular complexity index is 1050. The Hall–Kier alpha value is -3.19. The van der Waals surface area contributed by atoms with Crippen LogP contribution in [0.5, 0.6) is 11.5 Å². The molecule has 0 fully saturated rings. The molecule has 0 unspecified atom stereocenters. The summed E-state index contributed by atoms with van der Waals surface area (Å²) in [7, 11) is 0. The molecule has 1 atom stereocenters. The highest BCUT2D eigenvalue weighted by Crippen LogP contribution is 2.39. The summed E-state index contributed by atoms with van der Waals surface area (Å²) in [6.07, 6.45) is 0. The summed E-state index contributed by atoms with van der Waals surface area (Å²) in [6.45, 7) is 7.73. The fraction of sp³-hybridized carbons (Fsp3) is 0.273. The third-order valence-electron chi connectivity index (χ3n) is 4.97. The number of carbonyl (C=O) groups excluding carboxylic acids is 2. The summed E-state index contributed by atoms with van der Waals surface area (Å²) in [5.41, 5.74) is 3.97. The molecule has 0 aromatic heterocycles. The van der Waals surface area contributed by atoms with Crippen molar-refractivity contribution in [1.82, 2.24) is 10.6 Å². The number of hydrogen-bond donors (Lipinski definition) is 4. The Balaban J connectivity index is 2.02. The van der Waals surface area contributed by atoms with Gasteiger partial charge in [0.05, 0.1) is 23.2 Å². The fourth-order valence-corrected chi connectivity index (χ4v) is 3.56. The van der Waals surface area contributed by atoms with Crippen molar-refractivity contribution in [3.05, 3.63) is 63.3 Å². The number of benzene rings is 2. The number of aromatic hydroxyl groups is 1. The Morgan fingerprint density at radius 2 is 1.93 bits per heavy atom. The van der Waals surface area contributed by atoms with Crippen molar-refractivity contribution in [2.45, 2.75) is 33.7 Å². The van der Waals surface area contributed by atoms with E-state index in [1.807, 2.05) is 32.0 Å². The molecule has 2 aromatic carbocycles. The minimum Gasteiger partial charge on any atom is -0.504 e. The number of urea groups is 1. The number of hydrogen-bond acceptors (Lipinski definition) is 4. The Morgan fingerprint density at radius 3 is 2.60 bits per heavy atom. The highest BCUT2D eigenvalue weighted by Gasteiger charge is 2.33. The lowest BCUT2D eigenvalue weighted by Gasteiger charge is -2.29. The van der Waals surface area contributed by atoms with Gasteiger partial charge in [0, 0.05) is 23.0 Å². The molecule has 1 heterocycles. The molecule has 1 aliphatic heterocycles. The summed E-state index contributed by atoms with van der Waals surface area (Å²) < 4.78 is 5.44. The predicted molar refractivity (Wildman–Crippen MR) is 116 cm³/mol. The fourth-order valence-electron chi connectivity index (χ4n) is 3.30.